The predicted octanol–water partition coefficient (Wildman–Crippen LogP) is 2.06. The molecule has 2 aromatic rings. The van der Waals surface area contributed by atoms with Crippen LogP contribution < -0.4 is 5.73 Å². The van der Waals surface area contributed by atoms with E-state index in [1.807, 2.05) is 18.3 Å². The van der Waals surface area contributed by atoms with Crippen LogP contribution in [0.2, 0.25) is 0 Å². The molecule has 0 saturated carbocycles. The number of amidine groups is 1. The number of nitrogens with zero attached hydrogens (tertiary/aromatic N) is 2. The number of oxime groups is 1. The second-order valence-electron chi connectivity index (χ2n) is 3.83. The van der Waals surface area contributed by atoms with Crippen LogP contribution in [-0.2, 0) is 6.54 Å². The Kier molecular flexibility index (Phi) is 2.56. The Morgan fingerprint density at radius 3 is 2.88 bits per heavy atom. The Morgan fingerprint density at radius 1 is 1.50 bits per heavy atom. The third kappa shape index (κ3) is 1.52. The number of hydrogen-bond acceptors (Lipinski definition) is 2. The summed E-state index contributed by atoms with van der Waals surface area (Å²) >= 11 is 0. The molecule has 1 heterocycles. The molecule has 16 heavy (non-hydrogen) atoms. The van der Waals surface area contributed by atoms with Crippen LogP contribution in [0.5, 0.6) is 0 Å². The molecule has 0 unspecified atom stereocenters. The van der Waals surface area contributed by atoms with Gasteiger partial charge >= 0.3 is 0 Å². The highest BCUT2D eigenvalue weighted by Gasteiger charge is 2.10. The lowest BCUT2D eigenvalue weighted by Gasteiger charge is -2.00. The molecule has 0 fully saturated rings. The van der Waals surface area contributed by atoms with Crippen molar-refractivity contribution in [3.05, 3.63) is 35.5 Å². The highest BCUT2D eigenvalue weighted by Crippen LogP contribution is 2.22. The Bertz CT molecular complexity index is 555. The van der Waals surface area contributed by atoms with Crippen molar-refractivity contribution in [2.24, 2.45) is 10.9 Å². The van der Waals surface area contributed by atoms with Crippen molar-refractivity contribution in [1.29, 1.82) is 0 Å². The van der Waals surface area contributed by atoms with Gasteiger partial charge in [-0.2, -0.15) is 0 Å². The van der Waals surface area contributed by atoms with Crippen molar-refractivity contribution >= 4 is 16.7 Å². The summed E-state index contributed by atoms with van der Waals surface area (Å²) in [7, 11) is 0. The summed E-state index contributed by atoms with van der Waals surface area (Å²) in [6, 6.07) is 6.13. The topological polar surface area (TPSA) is 63.5 Å². The summed E-state index contributed by atoms with van der Waals surface area (Å²) < 4.78 is 2.09. The van der Waals surface area contributed by atoms with E-state index in [4.69, 9.17) is 10.9 Å². The van der Waals surface area contributed by atoms with Gasteiger partial charge in [0.15, 0.2) is 5.84 Å². The van der Waals surface area contributed by atoms with Crippen LogP contribution in [0.1, 0.15) is 18.1 Å². The molecule has 0 aliphatic rings. The van der Waals surface area contributed by atoms with Crippen LogP contribution >= 0.6 is 0 Å². The largest absolute Gasteiger partial charge is 0.409 e. The van der Waals surface area contributed by atoms with E-state index in [1.165, 1.54) is 5.56 Å². The van der Waals surface area contributed by atoms with Crippen LogP contribution in [-0.4, -0.2) is 15.6 Å². The van der Waals surface area contributed by atoms with Gasteiger partial charge in [-0.1, -0.05) is 17.3 Å². The molecule has 1 aromatic heterocycles. The minimum atomic E-state index is 0.154. The molecule has 0 amide bonds. The molecule has 4 nitrogen and oxygen atoms in total. The first-order valence-electron chi connectivity index (χ1n) is 5.24. The van der Waals surface area contributed by atoms with Crippen molar-refractivity contribution < 1.29 is 5.21 Å². The van der Waals surface area contributed by atoms with E-state index in [2.05, 4.69) is 29.6 Å². The molecule has 1 aromatic carbocycles. The molecule has 4 heteroatoms. The second-order valence-corrected chi connectivity index (χ2v) is 3.83. The van der Waals surface area contributed by atoms with Gasteiger partial charge < -0.3 is 15.5 Å². The van der Waals surface area contributed by atoms with Crippen LogP contribution in [0.3, 0.4) is 0 Å². The molecule has 0 spiro atoms. The maximum absolute atomic E-state index is 8.74. The third-order valence-electron chi connectivity index (χ3n) is 2.76. The van der Waals surface area contributed by atoms with E-state index in [0.717, 1.165) is 23.0 Å². The summed E-state index contributed by atoms with van der Waals surface area (Å²) in [5.74, 6) is 0.154. The summed E-state index contributed by atoms with van der Waals surface area (Å²) in [5.41, 5.74) is 8.75. The van der Waals surface area contributed by atoms with Gasteiger partial charge in [-0.05, 0) is 25.5 Å². The zero-order valence-corrected chi connectivity index (χ0v) is 9.44. The lowest BCUT2D eigenvalue weighted by Crippen LogP contribution is -2.12. The molecular weight excluding hydrogens is 202 g/mol. The smallest absolute Gasteiger partial charge is 0.172 e. The zero-order chi connectivity index (χ0) is 11.7. The number of hydrogen-bond donors (Lipinski definition) is 2. The first-order valence-corrected chi connectivity index (χ1v) is 5.24. The Balaban J connectivity index is 2.78. The lowest BCUT2D eigenvalue weighted by molar-refractivity contribution is 0.318. The second kappa shape index (κ2) is 3.89. The Hall–Kier alpha value is -1.97. The average molecular weight is 217 g/mol. The van der Waals surface area contributed by atoms with Gasteiger partial charge in [0.05, 0.1) is 0 Å². The van der Waals surface area contributed by atoms with Crippen molar-refractivity contribution in [2.75, 3.05) is 0 Å². The SMILES string of the molecule is CCn1cc(/C(N)=N/O)c2ccc(C)cc21. The zero-order valence-electron chi connectivity index (χ0n) is 9.44. The van der Waals surface area contributed by atoms with Gasteiger partial charge in [0.2, 0.25) is 0 Å². The molecule has 0 aliphatic carbocycles. The van der Waals surface area contributed by atoms with E-state index in [1.54, 1.807) is 0 Å². The molecule has 0 radical (unpaired) electrons. The van der Waals surface area contributed by atoms with Gasteiger partial charge in [-0.15, -0.1) is 0 Å². The maximum Gasteiger partial charge on any atom is 0.172 e. The summed E-state index contributed by atoms with van der Waals surface area (Å²) in [5, 5.41) is 12.8. The van der Waals surface area contributed by atoms with E-state index in [9.17, 15) is 0 Å². The number of benzene rings is 1. The van der Waals surface area contributed by atoms with Gasteiger partial charge in [0, 0.05) is 29.2 Å². The number of fused-ring (bicyclic) bond motifs is 1. The molecule has 0 saturated heterocycles. The fraction of sp³-hybridized carbons (Fsp3) is 0.250. The summed E-state index contributed by atoms with van der Waals surface area (Å²) in [4.78, 5) is 0. The first-order chi connectivity index (χ1) is 7.67. The average Bonchev–Trinajstić information content (AvgIpc) is 2.66. The molecular formula is C12H15N3O. The van der Waals surface area contributed by atoms with E-state index >= 15 is 0 Å². The van der Waals surface area contributed by atoms with E-state index < -0.39 is 0 Å². The van der Waals surface area contributed by atoms with Crippen molar-refractivity contribution in [1.82, 2.24) is 4.57 Å². The maximum atomic E-state index is 8.74. The number of aromatic nitrogens is 1. The van der Waals surface area contributed by atoms with Gasteiger partial charge in [-0.25, -0.2) is 0 Å². The van der Waals surface area contributed by atoms with E-state index in [-0.39, 0.29) is 5.84 Å². The van der Waals surface area contributed by atoms with Crippen molar-refractivity contribution in [3.63, 3.8) is 0 Å². The fourth-order valence-electron chi connectivity index (χ4n) is 1.92. The Morgan fingerprint density at radius 2 is 2.25 bits per heavy atom. The van der Waals surface area contributed by atoms with Gasteiger partial charge in [0.25, 0.3) is 0 Å². The third-order valence-corrected chi connectivity index (χ3v) is 2.76. The van der Waals surface area contributed by atoms with Crippen molar-refractivity contribution in [3.8, 4) is 0 Å². The minimum Gasteiger partial charge on any atom is -0.409 e. The fourth-order valence-corrected chi connectivity index (χ4v) is 1.92. The molecule has 0 atom stereocenters. The Labute approximate surface area is 94.0 Å². The van der Waals surface area contributed by atoms with Crippen LogP contribution in [0.4, 0.5) is 0 Å². The molecule has 0 aliphatic heterocycles. The molecule has 0 bridgehead atoms. The normalized spacial score (nSPS) is 12.2. The first kappa shape index (κ1) is 10.5. The van der Waals surface area contributed by atoms with Crippen LogP contribution in [0.15, 0.2) is 29.6 Å². The van der Waals surface area contributed by atoms with Gasteiger partial charge in [-0.3, -0.25) is 0 Å². The molecule has 84 valence electrons. The highest BCUT2D eigenvalue weighted by molar-refractivity contribution is 6.08. The number of aryl methyl sites for hydroxylation is 2. The molecule has 3 N–H and O–H groups in total. The summed E-state index contributed by atoms with van der Waals surface area (Å²) in [6.45, 7) is 4.98. The van der Waals surface area contributed by atoms with E-state index in [0.29, 0.717) is 0 Å². The molecule has 2 rings (SSSR count). The lowest BCUT2D eigenvalue weighted by atomic mass is 10.1. The number of rotatable bonds is 2. The predicted molar refractivity (Wildman–Crippen MR) is 64.9 cm³/mol. The van der Waals surface area contributed by atoms with Gasteiger partial charge in [0.1, 0.15) is 0 Å². The van der Waals surface area contributed by atoms with Crippen molar-refractivity contribution in [2.45, 2.75) is 20.4 Å². The van der Waals surface area contributed by atoms with Crippen LogP contribution in [0.25, 0.3) is 10.9 Å². The number of nitrogens with two attached hydrogens (primary N) is 1. The minimum absolute atomic E-state index is 0.154. The quantitative estimate of drug-likeness (QED) is 0.350. The standard InChI is InChI=1S/C12H15N3O/c1-3-15-7-10(12(13)14-16)9-5-4-8(2)6-11(9)15/h4-7,16H,3H2,1-2H3,(H2,13,14). The summed E-state index contributed by atoms with van der Waals surface area (Å²) in [6.07, 6.45) is 1.92. The van der Waals surface area contributed by atoms with Crippen LogP contribution in [0, 0.1) is 6.92 Å². The highest BCUT2D eigenvalue weighted by atomic mass is 16.4. The monoisotopic (exact) mass is 217 g/mol.